The van der Waals surface area contributed by atoms with Crippen LogP contribution in [-0.2, 0) is 4.79 Å². The summed E-state index contributed by atoms with van der Waals surface area (Å²) in [6.07, 6.45) is 61.9. The number of rotatable bonds is 36. The maximum absolute atomic E-state index is 12.4. The standard InChI is InChI=1S/C47H79NO3/c1-3-5-7-9-11-13-15-17-18-19-20-21-22-23-24-25-26-27-28-29-30-31-33-35-37-39-41-43-47(51)48-45(44-49)46(50)42-40-38-36-34-32-16-14-12-10-8-6-4-2/h5,7,11,13,17-18,20-21,23-24,26-27,29-30,33,35,45-46,49-50H,3-4,6,8-10,12,14-16,19,22,25,28,31-32,34,36-44H2,1-2H3,(H,48,51)/b7-5-,13-11-,18-17-,21-20-,24-23-,27-26-,30-29-,35-33-. The van der Waals surface area contributed by atoms with Gasteiger partial charge in [-0.05, 0) is 77.0 Å². The van der Waals surface area contributed by atoms with Crippen LogP contribution in [0.15, 0.2) is 97.2 Å². The third-order valence-electron chi connectivity index (χ3n) is 8.86. The lowest BCUT2D eigenvalue weighted by Gasteiger charge is -2.22. The molecule has 1 amide bonds. The molecule has 290 valence electrons. The van der Waals surface area contributed by atoms with Crippen LogP contribution in [-0.4, -0.2) is 34.9 Å². The first-order chi connectivity index (χ1) is 25.2. The van der Waals surface area contributed by atoms with Crippen molar-refractivity contribution in [3.63, 3.8) is 0 Å². The van der Waals surface area contributed by atoms with Crippen LogP contribution in [0.4, 0.5) is 0 Å². The fourth-order valence-corrected chi connectivity index (χ4v) is 5.67. The maximum atomic E-state index is 12.4. The molecule has 0 aliphatic rings. The van der Waals surface area contributed by atoms with E-state index in [9.17, 15) is 15.0 Å². The minimum absolute atomic E-state index is 0.0795. The van der Waals surface area contributed by atoms with Gasteiger partial charge in [-0.3, -0.25) is 4.79 Å². The van der Waals surface area contributed by atoms with Gasteiger partial charge in [0.05, 0.1) is 18.8 Å². The van der Waals surface area contributed by atoms with Gasteiger partial charge in [0.15, 0.2) is 0 Å². The van der Waals surface area contributed by atoms with Crippen LogP contribution in [0.5, 0.6) is 0 Å². The molecule has 0 radical (unpaired) electrons. The van der Waals surface area contributed by atoms with E-state index in [-0.39, 0.29) is 12.5 Å². The zero-order valence-electron chi connectivity index (χ0n) is 33.1. The fourth-order valence-electron chi connectivity index (χ4n) is 5.67. The Morgan fingerprint density at radius 1 is 0.490 bits per heavy atom. The van der Waals surface area contributed by atoms with Crippen molar-refractivity contribution in [2.45, 2.75) is 187 Å². The molecule has 0 aromatic carbocycles. The van der Waals surface area contributed by atoms with Crippen molar-refractivity contribution in [3.05, 3.63) is 97.2 Å². The molecule has 0 saturated carbocycles. The van der Waals surface area contributed by atoms with Gasteiger partial charge in [0.25, 0.3) is 0 Å². The number of nitrogens with one attached hydrogen (secondary N) is 1. The van der Waals surface area contributed by atoms with Gasteiger partial charge in [-0.2, -0.15) is 0 Å². The Balaban J connectivity index is 3.73. The fraction of sp³-hybridized carbons (Fsp3) is 0.638. The maximum Gasteiger partial charge on any atom is 0.220 e. The SMILES string of the molecule is CC/C=C\C/C=C\C/C=C\C/C=C\C/C=C\C/C=C\C/C=C\C/C=C\CCCCC(=O)NC(CO)C(O)CCCCCCCCCCCCCC. The highest BCUT2D eigenvalue weighted by Crippen LogP contribution is 2.14. The summed E-state index contributed by atoms with van der Waals surface area (Å²) in [7, 11) is 0. The van der Waals surface area contributed by atoms with Crippen molar-refractivity contribution in [2.75, 3.05) is 6.61 Å². The highest BCUT2D eigenvalue weighted by molar-refractivity contribution is 5.76. The number of carbonyl (C=O) groups excluding carboxylic acids is 1. The van der Waals surface area contributed by atoms with Gasteiger partial charge in [-0.1, -0.05) is 188 Å². The average molecular weight is 706 g/mol. The summed E-state index contributed by atoms with van der Waals surface area (Å²) in [6.45, 7) is 4.20. The van der Waals surface area contributed by atoms with E-state index < -0.39 is 12.1 Å². The molecule has 0 aromatic heterocycles. The van der Waals surface area contributed by atoms with E-state index in [0.717, 1.165) is 83.5 Å². The van der Waals surface area contributed by atoms with Gasteiger partial charge in [0.1, 0.15) is 0 Å². The summed E-state index contributed by atoms with van der Waals surface area (Å²) in [4.78, 5) is 12.4. The highest BCUT2D eigenvalue weighted by Gasteiger charge is 2.19. The lowest BCUT2D eigenvalue weighted by molar-refractivity contribution is -0.123. The number of amides is 1. The number of unbranched alkanes of at least 4 members (excludes halogenated alkanes) is 13. The average Bonchev–Trinajstić information content (AvgIpc) is 3.13. The summed E-state index contributed by atoms with van der Waals surface area (Å²) in [5.41, 5.74) is 0. The first-order valence-corrected chi connectivity index (χ1v) is 20.9. The second-order valence-electron chi connectivity index (χ2n) is 13.7. The van der Waals surface area contributed by atoms with Gasteiger partial charge in [0, 0.05) is 6.42 Å². The molecule has 2 atom stereocenters. The van der Waals surface area contributed by atoms with E-state index in [1.807, 2.05) is 0 Å². The third-order valence-corrected chi connectivity index (χ3v) is 8.86. The zero-order chi connectivity index (χ0) is 37.1. The van der Waals surface area contributed by atoms with Crippen LogP contribution in [0.1, 0.15) is 174 Å². The largest absolute Gasteiger partial charge is 0.394 e. The normalized spacial score (nSPS) is 14.0. The Morgan fingerprint density at radius 2 is 0.863 bits per heavy atom. The van der Waals surface area contributed by atoms with Crippen LogP contribution in [0.3, 0.4) is 0 Å². The minimum Gasteiger partial charge on any atom is -0.394 e. The number of allylic oxidation sites excluding steroid dienone is 16. The van der Waals surface area contributed by atoms with Crippen molar-refractivity contribution < 1.29 is 15.0 Å². The number of aliphatic hydroxyl groups is 2. The van der Waals surface area contributed by atoms with E-state index in [1.54, 1.807) is 0 Å². The molecule has 2 unspecified atom stereocenters. The Bertz CT molecular complexity index is 983. The van der Waals surface area contributed by atoms with E-state index in [0.29, 0.717) is 12.8 Å². The Kier molecular flexibility index (Phi) is 39.5. The molecule has 0 aliphatic carbocycles. The second-order valence-corrected chi connectivity index (χ2v) is 13.7. The summed E-state index contributed by atoms with van der Waals surface area (Å²) in [6, 6.07) is -0.565. The van der Waals surface area contributed by atoms with Gasteiger partial charge < -0.3 is 15.5 Å². The van der Waals surface area contributed by atoms with Gasteiger partial charge in [0.2, 0.25) is 5.91 Å². The molecular formula is C47H79NO3. The molecule has 0 saturated heterocycles. The predicted molar refractivity (Wildman–Crippen MR) is 225 cm³/mol. The lowest BCUT2D eigenvalue weighted by atomic mass is 10.0. The molecule has 51 heavy (non-hydrogen) atoms. The molecule has 0 spiro atoms. The molecule has 0 rings (SSSR count). The predicted octanol–water partition coefficient (Wildman–Crippen LogP) is 13.1. The summed E-state index contributed by atoms with van der Waals surface area (Å²) < 4.78 is 0. The first kappa shape index (κ1) is 48.3. The van der Waals surface area contributed by atoms with Crippen molar-refractivity contribution in [1.29, 1.82) is 0 Å². The zero-order valence-corrected chi connectivity index (χ0v) is 33.1. The smallest absolute Gasteiger partial charge is 0.220 e. The second kappa shape index (κ2) is 41.7. The van der Waals surface area contributed by atoms with E-state index >= 15 is 0 Å². The topological polar surface area (TPSA) is 69.6 Å². The van der Waals surface area contributed by atoms with Crippen molar-refractivity contribution >= 4 is 5.91 Å². The number of aliphatic hydroxyl groups excluding tert-OH is 2. The molecule has 0 aliphatic heterocycles. The molecule has 4 nitrogen and oxygen atoms in total. The molecule has 4 heteroatoms. The first-order valence-electron chi connectivity index (χ1n) is 20.9. The van der Waals surface area contributed by atoms with Gasteiger partial charge >= 0.3 is 0 Å². The molecule has 0 fully saturated rings. The van der Waals surface area contributed by atoms with Crippen LogP contribution < -0.4 is 5.32 Å². The monoisotopic (exact) mass is 706 g/mol. The molecule has 0 bridgehead atoms. The number of carbonyl (C=O) groups is 1. The van der Waals surface area contributed by atoms with Crippen molar-refractivity contribution in [1.82, 2.24) is 5.32 Å². The summed E-state index contributed by atoms with van der Waals surface area (Å²) in [5.74, 6) is -0.0795. The summed E-state index contributed by atoms with van der Waals surface area (Å²) >= 11 is 0. The van der Waals surface area contributed by atoms with Crippen LogP contribution in [0.2, 0.25) is 0 Å². The quantitative estimate of drug-likeness (QED) is 0.0449. The Labute approximate surface area is 315 Å². The van der Waals surface area contributed by atoms with E-state index in [4.69, 9.17) is 0 Å². The molecule has 0 aromatic rings. The molecule has 3 N–H and O–H groups in total. The summed E-state index contributed by atoms with van der Waals surface area (Å²) in [5, 5.41) is 23.0. The third kappa shape index (κ3) is 38.4. The van der Waals surface area contributed by atoms with Crippen LogP contribution in [0.25, 0.3) is 0 Å². The molecular weight excluding hydrogens is 627 g/mol. The van der Waals surface area contributed by atoms with Crippen molar-refractivity contribution in [2.24, 2.45) is 0 Å². The van der Waals surface area contributed by atoms with Crippen molar-refractivity contribution in [3.8, 4) is 0 Å². The van der Waals surface area contributed by atoms with Crippen LogP contribution >= 0.6 is 0 Å². The molecule has 0 heterocycles. The Hall–Kier alpha value is -2.69. The van der Waals surface area contributed by atoms with E-state index in [2.05, 4.69) is 116 Å². The minimum atomic E-state index is -0.683. The van der Waals surface area contributed by atoms with E-state index in [1.165, 1.54) is 64.2 Å². The number of hydrogen-bond donors (Lipinski definition) is 3. The van der Waals surface area contributed by atoms with Crippen LogP contribution in [0, 0.1) is 0 Å². The Morgan fingerprint density at radius 3 is 1.25 bits per heavy atom. The lowest BCUT2D eigenvalue weighted by Crippen LogP contribution is -2.45. The highest BCUT2D eigenvalue weighted by atomic mass is 16.3. The van der Waals surface area contributed by atoms with Gasteiger partial charge in [-0.25, -0.2) is 0 Å². The number of hydrogen-bond acceptors (Lipinski definition) is 3. The van der Waals surface area contributed by atoms with Gasteiger partial charge in [-0.15, -0.1) is 0 Å².